The Morgan fingerprint density at radius 3 is 2.15 bits per heavy atom. The van der Waals surface area contributed by atoms with Crippen LogP contribution in [0.5, 0.6) is 0 Å². The SMILES string of the molecule is CC(C)(C)c1cc(C=O)c(C=O)s1. The van der Waals surface area contributed by atoms with Crippen LogP contribution in [0.1, 0.15) is 45.7 Å². The first-order valence-corrected chi connectivity index (χ1v) is 4.85. The molecule has 13 heavy (non-hydrogen) atoms. The second-order valence-corrected chi connectivity index (χ2v) is 5.00. The number of hydrogen-bond acceptors (Lipinski definition) is 3. The lowest BCUT2D eigenvalue weighted by Gasteiger charge is -2.14. The molecular formula is C10H12O2S. The van der Waals surface area contributed by atoms with Crippen LogP contribution >= 0.6 is 11.3 Å². The van der Waals surface area contributed by atoms with Crippen LogP contribution in [-0.2, 0) is 5.41 Å². The summed E-state index contributed by atoms with van der Waals surface area (Å²) in [6, 6.07) is 1.79. The number of carbonyl (C=O) groups excluding carboxylic acids is 2. The van der Waals surface area contributed by atoms with Gasteiger partial charge in [-0.05, 0) is 11.5 Å². The van der Waals surface area contributed by atoms with Gasteiger partial charge in [-0.1, -0.05) is 20.8 Å². The molecule has 0 amide bonds. The summed E-state index contributed by atoms with van der Waals surface area (Å²) in [7, 11) is 0. The molecule has 1 rings (SSSR count). The lowest BCUT2D eigenvalue weighted by Crippen LogP contribution is -2.07. The van der Waals surface area contributed by atoms with E-state index in [0.29, 0.717) is 10.4 Å². The number of thiophene rings is 1. The van der Waals surface area contributed by atoms with Crippen LogP contribution in [0.4, 0.5) is 0 Å². The maximum absolute atomic E-state index is 10.6. The molecule has 0 radical (unpaired) electrons. The molecule has 2 nitrogen and oxygen atoms in total. The zero-order valence-electron chi connectivity index (χ0n) is 7.96. The lowest BCUT2D eigenvalue weighted by molar-refractivity contribution is 0.109. The van der Waals surface area contributed by atoms with E-state index in [1.54, 1.807) is 6.07 Å². The van der Waals surface area contributed by atoms with Crippen molar-refractivity contribution < 1.29 is 9.59 Å². The summed E-state index contributed by atoms with van der Waals surface area (Å²) < 4.78 is 0. The summed E-state index contributed by atoms with van der Waals surface area (Å²) >= 11 is 1.39. The molecule has 0 unspecified atom stereocenters. The standard InChI is InChI=1S/C10H12O2S/c1-10(2,3)9-4-7(5-11)8(6-12)13-9/h4-6H,1-3H3. The van der Waals surface area contributed by atoms with Crippen LogP contribution in [0.25, 0.3) is 0 Å². The smallest absolute Gasteiger partial charge is 0.160 e. The highest BCUT2D eigenvalue weighted by Gasteiger charge is 2.18. The Balaban J connectivity index is 3.21. The maximum atomic E-state index is 10.6. The van der Waals surface area contributed by atoms with E-state index in [2.05, 4.69) is 20.8 Å². The first kappa shape index (κ1) is 10.1. The first-order chi connectivity index (χ1) is 5.99. The van der Waals surface area contributed by atoms with E-state index in [-0.39, 0.29) is 5.41 Å². The van der Waals surface area contributed by atoms with Gasteiger partial charge in [-0.2, -0.15) is 0 Å². The normalized spacial score (nSPS) is 11.3. The number of carbonyl (C=O) groups is 2. The van der Waals surface area contributed by atoms with Gasteiger partial charge in [0.2, 0.25) is 0 Å². The molecule has 3 heteroatoms. The number of rotatable bonds is 2. The predicted molar refractivity (Wildman–Crippen MR) is 53.8 cm³/mol. The molecule has 0 spiro atoms. The van der Waals surface area contributed by atoms with Gasteiger partial charge in [0.25, 0.3) is 0 Å². The minimum absolute atomic E-state index is 0.00366. The fourth-order valence-electron chi connectivity index (χ4n) is 0.973. The van der Waals surface area contributed by atoms with Gasteiger partial charge in [0.15, 0.2) is 12.6 Å². The molecule has 70 valence electrons. The number of aldehydes is 2. The molecular weight excluding hydrogens is 184 g/mol. The first-order valence-electron chi connectivity index (χ1n) is 4.03. The molecule has 0 fully saturated rings. The van der Waals surface area contributed by atoms with Crippen molar-refractivity contribution in [2.75, 3.05) is 0 Å². The van der Waals surface area contributed by atoms with E-state index >= 15 is 0 Å². The topological polar surface area (TPSA) is 34.1 Å². The molecule has 0 N–H and O–H groups in total. The molecule has 0 saturated carbocycles. The molecule has 0 saturated heterocycles. The molecule has 0 aliphatic carbocycles. The Labute approximate surface area is 81.6 Å². The summed E-state index contributed by atoms with van der Waals surface area (Å²) in [5, 5.41) is 0. The third-order valence-corrected chi connectivity index (χ3v) is 3.27. The molecule has 0 aliphatic heterocycles. The van der Waals surface area contributed by atoms with E-state index in [1.165, 1.54) is 11.3 Å². The van der Waals surface area contributed by atoms with Crippen LogP contribution in [0.2, 0.25) is 0 Å². The quantitative estimate of drug-likeness (QED) is 0.681. The largest absolute Gasteiger partial charge is 0.298 e. The molecule has 0 bridgehead atoms. The van der Waals surface area contributed by atoms with Crippen LogP contribution in [0, 0.1) is 0 Å². The summed E-state index contributed by atoms with van der Waals surface area (Å²) in [6.07, 6.45) is 1.47. The van der Waals surface area contributed by atoms with Crippen molar-refractivity contribution >= 4 is 23.9 Å². The number of hydrogen-bond donors (Lipinski definition) is 0. The third kappa shape index (κ3) is 2.04. The van der Waals surface area contributed by atoms with E-state index in [4.69, 9.17) is 0 Å². The van der Waals surface area contributed by atoms with Crippen molar-refractivity contribution in [2.45, 2.75) is 26.2 Å². The zero-order chi connectivity index (χ0) is 10.1. The molecule has 1 aromatic heterocycles. The fourth-order valence-corrected chi connectivity index (χ4v) is 1.98. The Bertz CT molecular complexity index is 306. The van der Waals surface area contributed by atoms with Gasteiger partial charge < -0.3 is 0 Å². The average molecular weight is 196 g/mol. The summed E-state index contributed by atoms with van der Waals surface area (Å²) in [6.45, 7) is 6.17. The van der Waals surface area contributed by atoms with Gasteiger partial charge in [0, 0.05) is 10.4 Å². The maximum Gasteiger partial charge on any atom is 0.160 e. The van der Waals surface area contributed by atoms with Gasteiger partial charge in [0.1, 0.15) is 0 Å². The molecule has 1 aromatic rings. The average Bonchev–Trinajstić information content (AvgIpc) is 2.45. The van der Waals surface area contributed by atoms with E-state index in [0.717, 1.165) is 17.4 Å². The van der Waals surface area contributed by atoms with Gasteiger partial charge in [-0.25, -0.2) is 0 Å². The predicted octanol–water partition coefficient (Wildman–Crippen LogP) is 2.67. The molecule has 1 heterocycles. The van der Waals surface area contributed by atoms with Crippen molar-refractivity contribution in [3.05, 3.63) is 21.4 Å². The van der Waals surface area contributed by atoms with Gasteiger partial charge >= 0.3 is 0 Å². The van der Waals surface area contributed by atoms with Gasteiger partial charge in [-0.3, -0.25) is 9.59 Å². The Kier molecular flexibility index (Phi) is 2.66. The van der Waals surface area contributed by atoms with E-state index in [1.807, 2.05) is 0 Å². The van der Waals surface area contributed by atoms with Crippen LogP contribution in [0.3, 0.4) is 0 Å². The van der Waals surface area contributed by atoms with E-state index < -0.39 is 0 Å². The lowest BCUT2D eigenvalue weighted by atomic mass is 9.94. The third-order valence-electron chi connectivity index (χ3n) is 1.76. The van der Waals surface area contributed by atoms with Gasteiger partial charge in [-0.15, -0.1) is 11.3 Å². The van der Waals surface area contributed by atoms with Crippen molar-refractivity contribution in [1.29, 1.82) is 0 Å². The highest BCUT2D eigenvalue weighted by Crippen LogP contribution is 2.30. The van der Waals surface area contributed by atoms with E-state index in [9.17, 15) is 9.59 Å². The Hall–Kier alpha value is -0.960. The highest BCUT2D eigenvalue weighted by atomic mass is 32.1. The minimum Gasteiger partial charge on any atom is -0.298 e. The van der Waals surface area contributed by atoms with Crippen molar-refractivity contribution in [3.8, 4) is 0 Å². The highest BCUT2D eigenvalue weighted by molar-refractivity contribution is 7.14. The second kappa shape index (κ2) is 3.42. The van der Waals surface area contributed by atoms with Crippen LogP contribution in [-0.4, -0.2) is 12.6 Å². The van der Waals surface area contributed by atoms with Crippen molar-refractivity contribution in [2.24, 2.45) is 0 Å². The molecule has 0 atom stereocenters. The zero-order valence-corrected chi connectivity index (χ0v) is 8.77. The second-order valence-electron chi connectivity index (χ2n) is 3.92. The fraction of sp³-hybridized carbons (Fsp3) is 0.400. The molecule has 0 aromatic carbocycles. The van der Waals surface area contributed by atoms with Crippen LogP contribution < -0.4 is 0 Å². The minimum atomic E-state index is 0.00366. The van der Waals surface area contributed by atoms with Crippen LogP contribution in [0.15, 0.2) is 6.07 Å². The summed E-state index contributed by atoms with van der Waals surface area (Å²) in [5.74, 6) is 0. The summed E-state index contributed by atoms with van der Waals surface area (Å²) in [4.78, 5) is 22.7. The Morgan fingerprint density at radius 1 is 1.23 bits per heavy atom. The molecule has 0 aliphatic rings. The Morgan fingerprint density at radius 2 is 1.85 bits per heavy atom. The van der Waals surface area contributed by atoms with Crippen molar-refractivity contribution in [3.63, 3.8) is 0 Å². The summed E-state index contributed by atoms with van der Waals surface area (Å²) in [5.41, 5.74) is 0.508. The van der Waals surface area contributed by atoms with Crippen molar-refractivity contribution in [1.82, 2.24) is 0 Å². The van der Waals surface area contributed by atoms with Gasteiger partial charge in [0.05, 0.1) is 4.88 Å². The monoisotopic (exact) mass is 196 g/mol.